The molecular weight excluding hydrogens is 224 g/mol. The van der Waals surface area contributed by atoms with E-state index in [0.717, 1.165) is 11.5 Å². The zero-order chi connectivity index (χ0) is 13.1. The van der Waals surface area contributed by atoms with Gasteiger partial charge in [0.25, 0.3) is 0 Å². The Balaban J connectivity index is 1.93. The minimum Gasteiger partial charge on any atom is -0.381 e. The van der Waals surface area contributed by atoms with Crippen LogP contribution in [0.5, 0.6) is 0 Å². The Morgan fingerprint density at radius 3 is 2.72 bits per heavy atom. The molecule has 100 valence electrons. The van der Waals surface area contributed by atoms with Gasteiger partial charge >= 0.3 is 0 Å². The molecule has 2 unspecified atom stereocenters. The topological polar surface area (TPSA) is 31.4 Å². The van der Waals surface area contributed by atoms with E-state index in [0.29, 0.717) is 12.1 Å². The van der Waals surface area contributed by atoms with Crippen molar-refractivity contribution in [3.8, 4) is 0 Å². The van der Waals surface area contributed by atoms with Crippen LogP contribution >= 0.6 is 0 Å². The zero-order valence-electron chi connectivity index (χ0n) is 11.8. The summed E-state index contributed by atoms with van der Waals surface area (Å²) in [6, 6.07) is 5.40. The second-order valence-corrected chi connectivity index (χ2v) is 5.49. The van der Waals surface area contributed by atoms with Crippen molar-refractivity contribution in [2.45, 2.75) is 31.8 Å². The van der Waals surface area contributed by atoms with Gasteiger partial charge in [-0.2, -0.15) is 0 Å². The standard InChI is InChI=1S/C14H24N4/c1-11-9-12(7-8-18(11)4)16-13-5-6-14(15-10-13)17(2)3/h5-6,10-12,16H,7-9H2,1-4H3. The molecule has 2 atom stereocenters. The summed E-state index contributed by atoms with van der Waals surface area (Å²) in [4.78, 5) is 8.87. The molecule has 1 N–H and O–H groups in total. The van der Waals surface area contributed by atoms with Crippen LogP contribution in [0.1, 0.15) is 19.8 Å². The van der Waals surface area contributed by atoms with Gasteiger partial charge < -0.3 is 15.1 Å². The highest BCUT2D eigenvalue weighted by Crippen LogP contribution is 2.20. The summed E-state index contributed by atoms with van der Waals surface area (Å²) in [6.45, 7) is 3.46. The lowest BCUT2D eigenvalue weighted by Gasteiger charge is -2.35. The van der Waals surface area contributed by atoms with E-state index in [4.69, 9.17) is 0 Å². The minimum atomic E-state index is 0.572. The van der Waals surface area contributed by atoms with Crippen molar-refractivity contribution in [2.75, 3.05) is 37.9 Å². The molecule has 0 radical (unpaired) electrons. The van der Waals surface area contributed by atoms with Crippen LogP contribution in [0.15, 0.2) is 18.3 Å². The van der Waals surface area contributed by atoms with Gasteiger partial charge in [-0.1, -0.05) is 0 Å². The van der Waals surface area contributed by atoms with E-state index >= 15 is 0 Å². The third kappa shape index (κ3) is 3.13. The van der Waals surface area contributed by atoms with Gasteiger partial charge in [-0.3, -0.25) is 0 Å². The Bertz CT molecular complexity index is 374. The first-order valence-corrected chi connectivity index (χ1v) is 6.66. The lowest BCUT2D eigenvalue weighted by Crippen LogP contribution is -2.42. The molecule has 1 saturated heterocycles. The maximum absolute atomic E-state index is 4.43. The number of nitrogens with zero attached hydrogens (tertiary/aromatic N) is 3. The smallest absolute Gasteiger partial charge is 0.128 e. The van der Waals surface area contributed by atoms with Crippen molar-refractivity contribution in [1.82, 2.24) is 9.88 Å². The molecule has 0 spiro atoms. The molecule has 2 rings (SSSR count). The molecule has 0 saturated carbocycles. The molecule has 0 aromatic carbocycles. The van der Waals surface area contributed by atoms with Gasteiger partial charge in [-0.05, 0) is 38.9 Å². The second-order valence-electron chi connectivity index (χ2n) is 5.49. The summed E-state index contributed by atoms with van der Waals surface area (Å²) in [5, 5.41) is 3.59. The van der Waals surface area contributed by atoms with Crippen LogP contribution in [0.25, 0.3) is 0 Å². The first-order valence-electron chi connectivity index (χ1n) is 6.66. The fraction of sp³-hybridized carbons (Fsp3) is 0.643. The fourth-order valence-corrected chi connectivity index (χ4v) is 2.39. The Kier molecular flexibility index (Phi) is 4.07. The lowest BCUT2D eigenvalue weighted by molar-refractivity contribution is 0.190. The van der Waals surface area contributed by atoms with Gasteiger partial charge in [0.1, 0.15) is 5.82 Å². The van der Waals surface area contributed by atoms with E-state index in [2.05, 4.69) is 41.3 Å². The third-order valence-electron chi connectivity index (χ3n) is 3.79. The predicted molar refractivity (Wildman–Crippen MR) is 77.3 cm³/mol. The quantitative estimate of drug-likeness (QED) is 0.887. The van der Waals surface area contributed by atoms with Gasteiger partial charge in [-0.25, -0.2) is 4.98 Å². The van der Waals surface area contributed by atoms with E-state index in [1.54, 1.807) is 0 Å². The Morgan fingerprint density at radius 2 is 2.17 bits per heavy atom. The van der Waals surface area contributed by atoms with Crippen LogP contribution in [-0.2, 0) is 0 Å². The van der Waals surface area contributed by atoms with Gasteiger partial charge in [0.2, 0.25) is 0 Å². The molecule has 1 fully saturated rings. The van der Waals surface area contributed by atoms with Crippen molar-refractivity contribution in [1.29, 1.82) is 0 Å². The number of nitrogens with one attached hydrogen (secondary N) is 1. The molecule has 0 bridgehead atoms. The largest absolute Gasteiger partial charge is 0.381 e. The normalized spacial score (nSPS) is 24.9. The average molecular weight is 248 g/mol. The molecule has 1 aliphatic heterocycles. The van der Waals surface area contributed by atoms with Crippen LogP contribution in [-0.4, -0.2) is 49.7 Å². The van der Waals surface area contributed by atoms with Gasteiger partial charge in [0.05, 0.1) is 11.9 Å². The van der Waals surface area contributed by atoms with E-state index in [1.165, 1.54) is 19.4 Å². The van der Waals surface area contributed by atoms with Crippen LogP contribution in [0.4, 0.5) is 11.5 Å². The number of rotatable bonds is 3. The molecule has 4 nitrogen and oxygen atoms in total. The molecule has 2 heterocycles. The van der Waals surface area contributed by atoms with Gasteiger partial charge in [-0.15, -0.1) is 0 Å². The highest BCUT2D eigenvalue weighted by molar-refractivity contribution is 5.48. The van der Waals surface area contributed by atoms with E-state index in [9.17, 15) is 0 Å². The lowest BCUT2D eigenvalue weighted by atomic mass is 9.99. The molecule has 1 aromatic rings. The van der Waals surface area contributed by atoms with Crippen molar-refractivity contribution < 1.29 is 0 Å². The summed E-state index contributed by atoms with van der Waals surface area (Å²) in [7, 11) is 6.22. The second kappa shape index (κ2) is 5.57. The molecule has 0 aliphatic carbocycles. The number of aromatic nitrogens is 1. The average Bonchev–Trinajstić information content (AvgIpc) is 2.34. The van der Waals surface area contributed by atoms with E-state index in [1.807, 2.05) is 25.2 Å². The predicted octanol–water partition coefficient (Wildman–Crippen LogP) is 2.04. The Morgan fingerprint density at radius 1 is 1.39 bits per heavy atom. The summed E-state index contributed by atoms with van der Waals surface area (Å²) in [5.74, 6) is 0.997. The summed E-state index contributed by atoms with van der Waals surface area (Å²) in [6.07, 6.45) is 4.33. The van der Waals surface area contributed by atoms with Crippen LogP contribution < -0.4 is 10.2 Å². The highest BCUT2D eigenvalue weighted by atomic mass is 15.2. The van der Waals surface area contributed by atoms with Crippen molar-refractivity contribution in [3.63, 3.8) is 0 Å². The Labute approximate surface area is 110 Å². The number of anilines is 2. The van der Waals surface area contributed by atoms with Crippen LogP contribution in [0.3, 0.4) is 0 Å². The number of hydrogen-bond donors (Lipinski definition) is 1. The third-order valence-corrected chi connectivity index (χ3v) is 3.79. The summed E-state index contributed by atoms with van der Waals surface area (Å²) in [5.41, 5.74) is 1.13. The SMILES string of the molecule is CC1CC(Nc2ccc(N(C)C)nc2)CCN1C. The van der Waals surface area contributed by atoms with Crippen molar-refractivity contribution in [2.24, 2.45) is 0 Å². The molecule has 18 heavy (non-hydrogen) atoms. The van der Waals surface area contributed by atoms with Gasteiger partial charge in [0, 0.05) is 32.7 Å². The number of pyridine rings is 1. The molecule has 1 aromatic heterocycles. The van der Waals surface area contributed by atoms with Crippen molar-refractivity contribution >= 4 is 11.5 Å². The minimum absolute atomic E-state index is 0.572. The van der Waals surface area contributed by atoms with Crippen molar-refractivity contribution in [3.05, 3.63) is 18.3 Å². The summed E-state index contributed by atoms with van der Waals surface area (Å²) < 4.78 is 0. The summed E-state index contributed by atoms with van der Waals surface area (Å²) >= 11 is 0. The molecule has 1 aliphatic rings. The first kappa shape index (κ1) is 13.1. The maximum atomic E-state index is 4.43. The zero-order valence-corrected chi connectivity index (χ0v) is 11.8. The first-order chi connectivity index (χ1) is 8.56. The molecule has 4 heteroatoms. The number of hydrogen-bond acceptors (Lipinski definition) is 4. The van der Waals surface area contributed by atoms with Gasteiger partial charge in [0.15, 0.2) is 0 Å². The van der Waals surface area contributed by atoms with Crippen LogP contribution in [0, 0.1) is 0 Å². The molecule has 0 amide bonds. The number of likely N-dealkylation sites (tertiary alicyclic amines) is 1. The van der Waals surface area contributed by atoms with E-state index < -0.39 is 0 Å². The molecular formula is C14H24N4. The number of piperidine rings is 1. The maximum Gasteiger partial charge on any atom is 0.128 e. The Hall–Kier alpha value is -1.29. The highest BCUT2D eigenvalue weighted by Gasteiger charge is 2.22. The van der Waals surface area contributed by atoms with E-state index in [-0.39, 0.29) is 0 Å². The fourth-order valence-electron chi connectivity index (χ4n) is 2.39. The van der Waals surface area contributed by atoms with Crippen LogP contribution in [0.2, 0.25) is 0 Å². The monoisotopic (exact) mass is 248 g/mol.